The highest BCUT2D eigenvalue weighted by Gasteiger charge is 2.26. The number of pyridine rings is 2. The third kappa shape index (κ3) is 5.78. The molecule has 0 bridgehead atoms. The quantitative estimate of drug-likeness (QED) is 0.131. The zero-order chi connectivity index (χ0) is 30.1. The number of rotatable bonds is 6. The minimum atomic E-state index is -1.07. The van der Waals surface area contributed by atoms with Crippen molar-refractivity contribution >= 4 is 11.6 Å². The Kier molecular flexibility index (Phi) is 7.88. The van der Waals surface area contributed by atoms with Crippen LogP contribution < -0.4 is 11.1 Å². The molecule has 0 aliphatic carbocycles. The van der Waals surface area contributed by atoms with Crippen LogP contribution in [0.15, 0.2) is 48.8 Å². The Labute approximate surface area is 242 Å². The van der Waals surface area contributed by atoms with E-state index in [0.717, 1.165) is 48.3 Å². The number of hydrogen-bond acceptors (Lipinski definition) is 10. The third-order valence-corrected chi connectivity index (χ3v) is 7.42. The van der Waals surface area contributed by atoms with Crippen molar-refractivity contribution in [1.29, 1.82) is 0 Å². The SMILES string of the molecule is Cc1ccc(-c2cc(CN3CCCC(N)C3)cc(NC(=O)c3cc(-c4c(O)c(O)c(O)c(O)c4O)c(C)cn3)c2)cn1. The Morgan fingerprint density at radius 1 is 0.929 bits per heavy atom. The Bertz CT molecular complexity index is 1630. The van der Waals surface area contributed by atoms with Crippen LogP contribution in [-0.2, 0) is 6.54 Å². The van der Waals surface area contributed by atoms with Gasteiger partial charge in [-0.1, -0.05) is 6.07 Å². The van der Waals surface area contributed by atoms with E-state index >= 15 is 0 Å². The number of likely N-dealkylation sites (tertiary alicyclic amines) is 1. The van der Waals surface area contributed by atoms with Gasteiger partial charge in [-0.3, -0.25) is 19.7 Å². The first-order valence-corrected chi connectivity index (χ1v) is 13.5. The Morgan fingerprint density at radius 3 is 2.31 bits per heavy atom. The zero-order valence-electron chi connectivity index (χ0n) is 23.3. The fourth-order valence-corrected chi connectivity index (χ4v) is 5.21. The number of carbonyl (C=O) groups excluding carboxylic acids is 1. The molecule has 4 aromatic rings. The average Bonchev–Trinajstić information content (AvgIpc) is 2.96. The molecular formula is C31H33N5O6. The normalized spacial score (nSPS) is 15.5. The summed E-state index contributed by atoms with van der Waals surface area (Å²) in [7, 11) is 0. The first kappa shape index (κ1) is 28.7. The molecule has 0 spiro atoms. The van der Waals surface area contributed by atoms with Crippen LogP contribution in [0.25, 0.3) is 22.3 Å². The number of anilines is 1. The van der Waals surface area contributed by atoms with Gasteiger partial charge in [-0.25, -0.2) is 0 Å². The van der Waals surface area contributed by atoms with Crippen LogP contribution in [0.2, 0.25) is 0 Å². The van der Waals surface area contributed by atoms with Gasteiger partial charge in [-0.05, 0) is 85.8 Å². The topological polar surface area (TPSA) is 185 Å². The van der Waals surface area contributed by atoms with E-state index in [1.807, 2.05) is 31.2 Å². The number of aromatic nitrogens is 2. The summed E-state index contributed by atoms with van der Waals surface area (Å²) in [4.78, 5) is 24.3. The molecule has 42 heavy (non-hydrogen) atoms. The molecule has 0 saturated carbocycles. The molecule has 1 unspecified atom stereocenters. The molecule has 1 atom stereocenters. The lowest BCUT2D eigenvalue weighted by Gasteiger charge is -2.30. The molecule has 0 radical (unpaired) electrons. The molecule has 5 rings (SSSR count). The summed E-state index contributed by atoms with van der Waals surface area (Å²) < 4.78 is 0. The highest BCUT2D eigenvalue weighted by molar-refractivity contribution is 6.04. The number of carbonyl (C=O) groups is 1. The van der Waals surface area contributed by atoms with Gasteiger partial charge in [0.15, 0.2) is 11.5 Å². The number of aromatic hydroxyl groups is 5. The van der Waals surface area contributed by atoms with Crippen LogP contribution in [0.4, 0.5) is 5.69 Å². The van der Waals surface area contributed by atoms with E-state index in [1.54, 1.807) is 13.1 Å². The molecule has 8 N–H and O–H groups in total. The smallest absolute Gasteiger partial charge is 0.274 e. The van der Waals surface area contributed by atoms with Gasteiger partial charge in [0.2, 0.25) is 17.2 Å². The molecule has 218 valence electrons. The van der Waals surface area contributed by atoms with Crippen molar-refractivity contribution in [3.8, 4) is 51.0 Å². The monoisotopic (exact) mass is 571 g/mol. The lowest BCUT2D eigenvalue weighted by atomic mass is 9.97. The summed E-state index contributed by atoms with van der Waals surface area (Å²) >= 11 is 0. The van der Waals surface area contributed by atoms with E-state index in [-0.39, 0.29) is 22.9 Å². The van der Waals surface area contributed by atoms with Crippen LogP contribution in [0.5, 0.6) is 28.7 Å². The van der Waals surface area contributed by atoms with Crippen LogP contribution in [0, 0.1) is 13.8 Å². The number of nitrogens with zero attached hydrogens (tertiary/aromatic N) is 3. The van der Waals surface area contributed by atoms with Gasteiger partial charge in [-0.2, -0.15) is 0 Å². The predicted molar refractivity (Wildman–Crippen MR) is 158 cm³/mol. The summed E-state index contributed by atoms with van der Waals surface area (Å²) in [5, 5.41) is 53.6. The van der Waals surface area contributed by atoms with Gasteiger partial charge in [0.25, 0.3) is 5.91 Å². The number of nitrogens with one attached hydrogen (secondary N) is 1. The van der Waals surface area contributed by atoms with Gasteiger partial charge >= 0.3 is 0 Å². The van der Waals surface area contributed by atoms with Gasteiger partial charge < -0.3 is 36.6 Å². The zero-order valence-corrected chi connectivity index (χ0v) is 23.3. The Morgan fingerprint density at radius 2 is 1.64 bits per heavy atom. The van der Waals surface area contributed by atoms with E-state index in [1.165, 1.54) is 12.3 Å². The van der Waals surface area contributed by atoms with Gasteiger partial charge in [0, 0.05) is 48.5 Å². The molecule has 1 amide bonds. The van der Waals surface area contributed by atoms with Crippen molar-refractivity contribution in [2.75, 3.05) is 18.4 Å². The summed E-state index contributed by atoms with van der Waals surface area (Å²) in [5.41, 5.74) is 10.5. The Balaban J connectivity index is 1.49. The molecule has 2 aromatic heterocycles. The molecule has 1 saturated heterocycles. The van der Waals surface area contributed by atoms with Crippen LogP contribution >= 0.6 is 0 Å². The van der Waals surface area contributed by atoms with Gasteiger partial charge in [-0.15, -0.1) is 0 Å². The number of piperidine rings is 1. The highest BCUT2D eigenvalue weighted by atomic mass is 16.4. The van der Waals surface area contributed by atoms with Crippen LogP contribution in [0.3, 0.4) is 0 Å². The van der Waals surface area contributed by atoms with E-state index in [0.29, 0.717) is 17.8 Å². The maximum Gasteiger partial charge on any atom is 0.274 e. The van der Waals surface area contributed by atoms with Crippen molar-refractivity contribution in [3.05, 3.63) is 71.3 Å². The fourth-order valence-electron chi connectivity index (χ4n) is 5.21. The fraction of sp³-hybridized carbons (Fsp3) is 0.258. The van der Waals surface area contributed by atoms with E-state index in [9.17, 15) is 30.3 Å². The predicted octanol–water partition coefficient (Wildman–Crippen LogP) is 4.13. The van der Waals surface area contributed by atoms with Crippen LogP contribution in [-0.4, -0.2) is 65.4 Å². The molecule has 2 aromatic carbocycles. The van der Waals surface area contributed by atoms with E-state index in [2.05, 4.69) is 26.3 Å². The second-order valence-corrected chi connectivity index (χ2v) is 10.7. The number of phenolic OH excluding ortho intramolecular Hbond substituents is 5. The van der Waals surface area contributed by atoms with Crippen molar-refractivity contribution in [3.63, 3.8) is 0 Å². The van der Waals surface area contributed by atoms with E-state index < -0.39 is 34.7 Å². The molecule has 1 fully saturated rings. The second kappa shape index (κ2) is 11.6. The van der Waals surface area contributed by atoms with E-state index in [4.69, 9.17) is 5.73 Å². The van der Waals surface area contributed by atoms with Crippen molar-refractivity contribution < 1.29 is 30.3 Å². The summed E-state index contributed by atoms with van der Waals surface area (Å²) in [6, 6.07) is 11.1. The lowest BCUT2D eigenvalue weighted by molar-refractivity contribution is 0.102. The number of aryl methyl sites for hydroxylation is 2. The van der Waals surface area contributed by atoms with Gasteiger partial charge in [0.1, 0.15) is 5.69 Å². The van der Waals surface area contributed by atoms with Crippen molar-refractivity contribution in [2.24, 2.45) is 5.73 Å². The third-order valence-electron chi connectivity index (χ3n) is 7.42. The molecular weight excluding hydrogens is 538 g/mol. The second-order valence-electron chi connectivity index (χ2n) is 10.7. The standard InChI is InChI=1S/C31H33N5O6/c1-16-12-34-24(11-23(16)25-26(37)28(39)30(41)29(40)27(25)38)31(42)35-22-9-18(14-36-7-3-4-21(32)15-36)8-20(10-22)19-6-5-17(2)33-13-19/h5-6,8-13,21,37-41H,3-4,7,14-15,32H2,1-2H3,(H,35,42). The number of phenols is 5. The molecule has 3 heterocycles. The van der Waals surface area contributed by atoms with Crippen LogP contribution in [0.1, 0.15) is 40.2 Å². The van der Waals surface area contributed by atoms with Gasteiger partial charge in [0.05, 0.1) is 5.56 Å². The minimum absolute atomic E-state index is 0.0487. The number of benzene rings is 2. The number of hydrogen-bond donors (Lipinski definition) is 7. The number of nitrogens with two attached hydrogens (primary N) is 1. The molecule has 11 nitrogen and oxygen atoms in total. The molecule has 11 heteroatoms. The summed E-state index contributed by atoms with van der Waals surface area (Å²) in [6.45, 7) is 5.90. The Hall–Kier alpha value is -4.87. The maximum atomic E-state index is 13.4. The first-order chi connectivity index (χ1) is 20.0. The number of amides is 1. The largest absolute Gasteiger partial charge is 0.504 e. The minimum Gasteiger partial charge on any atom is -0.504 e. The lowest BCUT2D eigenvalue weighted by Crippen LogP contribution is -2.42. The average molecular weight is 572 g/mol. The summed E-state index contributed by atoms with van der Waals surface area (Å²) in [5.74, 6) is -5.36. The molecule has 1 aliphatic heterocycles. The molecule has 1 aliphatic rings. The van der Waals surface area contributed by atoms with Crippen molar-refractivity contribution in [2.45, 2.75) is 39.3 Å². The highest BCUT2D eigenvalue weighted by Crippen LogP contribution is 2.55. The first-order valence-electron chi connectivity index (χ1n) is 13.5. The summed E-state index contributed by atoms with van der Waals surface area (Å²) in [6.07, 6.45) is 5.17. The van der Waals surface area contributed by atoms with Crippen molar-refractivity contribution in [1.82, 2.24) is 14.9 Å². The maximum absolute atomic E-state index is 13.4.